The summed E-state index contributed by atoms with van der Waals surface area (Å²) in [6.45, 7) is 1.91. The van der Waals surface area contributed by atoms with E-state index in [1.54, 1.807) is 0 Å². The van der Waals surface area contributed by atoms with Gasteiger partial charge in [0.05, 0.1) is 0 Å². The van der Waals surface area contributed by atoms with Gasteiger partial charge >= 0.3 is 0 Å². The predicted octanol–water partition coefficient (Wildman–Crippen LogP) is 3.44. The fourth-order valence-electron chi connectivity index (χ4n) is 0.270. The maximum absolute atomic E-state index is 7.13. The molecule has 0 heterocycles. The number of hydrogen-bond acceptors (Lipinski definition) is 3. The second kappa shape index (κ2) is 56.9. The van der Waals surface area contributed by atoms with Gasteiger partial charge in [0.2, 0.25) is 0 Å². The largest absolute Gasteiger partial charge is 0.753 e. The molecule has 0 saturated carbocycles. The maximum Gasteiger partial charge on any atom is 0 e. The summed E-state index contributed by atoms with van der Waals surface area (Å²) in [6.07, 6.45) is 0. The molecule has 0 aliphatic carbocycles. The van der Waals surface area contributed by atoms with E-state index in [9.17, 15) is 0 Å². The van der Waals surface area contributed by atoms with E-state index in [-0.39, 0.29) is 16.8 Å². The fourth-order valence-corrected chi connectivity index (χ4v) is 0.270. The van der Waals surface area contributed by atoms with Gasteiger partial charge in [0.15, 0.2) is 0 Å². The third kappa shape index (κ3) is 209. The molecule has 0 saturated heterocycles. The van der Waals surface area contributed by atoms with Gasteiger partial charge in [-0.05, 0) is 0 Å². The van der Waals surface area contributed by atoms with Crippen LogP contribution in [0.1, 0.15) is 0 Å². The van der Waals surface area contributed by atoms with Crippen LogP contribution in [0.15, 0.2) is 0 Å². The molecule has 0 unspecified atom stereocenters. The predicted molar refractivity (Wildman–Crippen MR) is 79.3 cm³/mol. The monoisotopic (exact) mass is 333 g/mol. The van der Waals surface area contributed by atoms with Gasteiger partial charge in [-0.2, -0.15) is 41.7 Å². The standard InChI is InChI=1S/C4H10N3.3CNS.Co/c5-1-3-7-4-2-6;3*2-1-3;/h5-6H,1-4H2;;;;/q-3;3*-1;. The van der Waals surface area contributed by atoms with E-state index in [0.717, 1.165) is 0 Å². The Labute approximate surface area is 128 Å². The molecule has 2 N–H and O–H groups in total. The zero-order valence-corrected chi connectivity index (χ0v) is 12.2. The van der Waals surface area contributed by atoms with Crippen molar-refractivity contribution in [2.45, 2.75) is 0 Å². The van der Waals surface area contributed by atoms with Crippen LogP contribution >= 0.6 is 36.7 Å². The van der Waals surface area contributed by atoms with Crippen molar-refractivity contribution in [3.8, 4) is 0 Å². The van der Waals surface area contributed by atoms with Crippen LogP contribution in [-0.4, -0.2) is 41.7 Å². The Morgan fingerprint density at radius 3 is 1.12 bits per heavy atom. The van der Waals surface area contributed by atoms with E-state index in [0.29, 0.717) is 26.2 Å². The van der Waals surface area contributed by atoms with Crippen LogP contribution in [0.2, 0.25) is 0 Å². The quantitative estimate of drug-likeness (QED) is 0.444. The molecule has 0 aromatic heterocycles. The summed E-state index contributed by atoms with van der Waals surface area (Å²) in [5.74, 6) is 0. The Bertz CT molecular complexity index is 175. The van der Waals surface area contributed by atoms with Crippen LogP contribution in [0.3, 0.4) is 0 Å². The first-order chi connectivity index (χ1) is 7.66. The number of isothiocyanates is 3. The normalized spacial score (nSPS) is 5.29. The summed E-state index contributed by atoms with van der Waals surface area (Å²) < 4.78 is 0. The van der Waals surface area contributed by atoms with Crippen molar-refractivity contribution >= 4 is 52.1 Å². The molecule has 0 bridgehead atoms. The fraction of sp³-hybridized carbons (Fsp3) is 0.571. The van der Waals surface area contributed by atoms with Gasteiger partial charge in [-0.15, -0.1) is 0 Å². The number of thiocarbonyl (C=S) groups is 3. The van der Waals surface area contributed by atoms with Crippen molar-refractivity contribution in [1.29, 1.82) is 0 Å². The SMILES string of the molecule is [Co].[N-]=C=S.[N-]=C=S.[N-]=C=S.[NH-]CC[N-]CC[NH-]. The average molecular weight is 333 g/mol. The van der Waals surface area contributed by atoms with Crippen molar-refractivity contribution < 1.29 is 16.8 Å². The van der Waals surface area contributed by atoms with Crippen LogP contribution in [0.25, 0.3) is 33.0 Å². The third-order valence-electron chi connectivity index (χ3n) is 0.540. The van der Waals surface area contributed by atoms with E-state index in [1.165, 1.54) is 15.5 Å². The average Bonchev–Trinajstić information content (AvgIpc) is 2.22. The molecule has 101 valence electrons. The molecule has 0 amide bonds. The zero-order chi connectivity index (χ0) is 13.7. The van der Waals surface area contributed by atoms with Gasteiger partial charge in [0.25, 0.3) is 0 Å². The molecule has 0 aliphatic rings. The van der Waals surface area contributed by atoms with Gasteiger partial charge < -0.3 is 33.0 Å². The van der Waals surface area contributed by atoms with Crippen molar-refractivity contribution in [2.24, 2.45) is 0 Å². The smallest absolute Gasteiger partial charge is 0 e. The number of nitrogens with zero attached hydrogens (tertiary/aromatic N) is 4. The molecule has 17 heavy (non-hydrogen) atoms. The molecule has 0 spiro atoms. The first kappa shape index (κ1) is 30.1. The van der Waals surface area contributed by atoms with E-state index in [2.05, 4.69) is 42.0 Å². The van der Waals surface area contributed by atoms with Crippen molar-refractivity contribution in [2.75, 3.05) is 26.2 Å². The van der Waals surface area contributed by atoms with Crippen LogP contribution in [0, 0.1) is 0 Å². The second-order valence-electron chi connectivity index (χ2n) is 1.44. The molecular weight excluding hydrogens is 323 g/mol. The molecule has 0 aromatic carbocycles. The summed E-state index contributed by atoms with van der Waals surface area (Å²) in [5, 5.41) is 29.2. The van der Waals surface area contributed by atoms with Crippen molar-refractivity contribution in [1.82, 2.24) is 0 Å². The molecule has 0 aromatic rings. The number of rotatable bonds is 4. The summed E-state index contributed by atoms with van der Waals surface area (Å²) >= 11 is 11.1. The Kier molecular flexibility index (Phi) is 101. The van der Waals surface area contributed by atoms with Crippen molar-refractivity contribution in [3.05, 3.63) is 33.0 Å². The molecule has 1 radical (unpaired) electrons. The van der Waals surface area contributed by atoms with Gasteiger partial charge in [-0.3, -0.25) is 0 Å². The Balaban J connectivity index is -0.0000000411. The van der Waals surface area contributed by atoms with Gasteiger partial charge in [-0.25, -0.2) is 0 Å². The molecule has 10 heteroatoms. The number of nitrogens with one attached hydrogen (secondary N) is 2. The first-order valence-electron chi connectivity index (χ1n) is 3.62. The number of hydrogen-bond donors (Lipinski definition) is 0. The topological polar surface area (TPSA) is 129 Å². The van der Waals surface area contributed by atoms with Gasteiger partial charge in [0.1, 0.15) is 0 Å². The molecule has 0 fully saturated rings. The minimum absolute atomic E-state index is 0. The minimum atomic E-state index is 0. The minimum Gasteiger partial charge on any atom is -0.753 e. The van der Waals surface area contributed by atoms with E-state index in [4.69, 9.17) is 27.7 Å². The summed E-state index contributed by atoms with van der Waals surface area (Å²) in [4.78, 5) is 0. The van der Waals surface area contributed by atoms with Gasteiger partial charge in [0, 0.05) is 16.8 Å². The summed E-state index contributed by atoms with van der Waals surface area (Å²) in [5.41, 5.74) is 13.3. The third-order valence-corrected chi connectivity index (χ3v) is 0.540. The van der Waals surface area contributed by atoms with Gasteiger partial charge in [-0.1, -0.05) is 36.7 Å². The first-order valence-corrected chi connectivity index (χ1v) is 4.85. The Morgan fingerprint density at radius 2 is 1.00 bits per heavy atom. The van der Waals surface area contributed by atoms with E-state index in [1.807, 2.05) is 0 Å². The van der Waals surface area contributed by atoms with Crippen LogP contribution in [0.5, 0.6) is 0 Å². The Hall–Kier alpha value is -0.214. The van der Waals surface area contributed by atoms with Crippen LogP contribution in [-0.2, 0) is 16.8 Å². The summed E-state index contributed by atoms with van der Waals surface area (Å²) in [6, 6.07) is 0. The van der Waals surface area contributed by atoms with E-state index >= 15 is 0 Å². The molecule has 0 aliphatic heterocycles. The summed E-state index contributed by atoms with van der Waals surface area (Å²) in [7, 11) is 0. The van der Waals surface area contributed by atoms with Crippen LogP contribution in [0.4, 0.5) is 0 Å². The molecule has 6 nitrogen and oxygen atoms in total. The zero-order valence-electron chi connectivity index (χ0n) is 8.68. The van der Waals surface area contributed by atoms with Crippen LogP contribution < -0.4 is 0 Å². The molecular formula is C7H10CoN6S3-6. The Morgan fingerprint density at radius 1 is 0.824 bits per heavy atom. The molecule has 0 atom stereocenters. The van der Waals surface area contributed by atoms with E-state index < -0.39 is 0 Å². The molecule has 0 rings (SSSR count). The second-order valence-corrected chi connectivity index (χ2v) is 1.99. The maximum atomic E-state index is 7.13. The van der Waals surface area contributed by atoms with Crippen molar-refractivity contribution in [3.63, 3.8) is 0 Å².